The van der Waals surface area contributed by atoms with Gasteiger partial charge in [-0.15, -0.1) is 0 Å². The molecule has 1 atom stereocenters. The van der Waals surface area contributed by atoms with Gasteiger partial charge in [-0.05, 0) is 31.4 Å². The number of aliphatic hydroxyl groups is 1. The summed E-state index contributed by atoms with van der Waals surface area (Å²) in [5.74, 6) is 0. The summed E-state index contributed by atoms with van der Waals surface area (Å²) in [6, 6.07) is 0. The van der Waals surface area contributed by atoms with Crippen molar-refractivity contribution >= 4 is 0 Å². The van der Waals surface area contributed by atoms with Crippen LogP contribution in [-0.2, 0) is 0 Å². The van der Waals surface area contributed by atoms with E-state index in [1.54, 1.807) is 0 Å². The number of rotatable bonds is 3. The molecule has 0 amide bonds. The van der Waals surface area contributed by atoms with Crippen LogP contribution in [0.15, 0.2) is 11.8 Å². The fourth-order valence-corrected chi connectivity index (χ4v) is 2.68. The zero-order valence-corrected chi connectivity index (χ0v) is 8.55. The predicted molar refractivity (Wildman–Crippen MR) is 52.5 cm³/mol. The van der Waals surface area contributed by atoms with E-state index in [-0.39, 0.29) is 12.1 Å². The van der Waals surface area contributed by atoms with Gasteiger partial charge in [0.1, 0.15) is 0 Å². The Morgan fingerprint density at radius 3 is 3.00 bits per heavy atom. The van der Waals surface area contributed by atoms with Crippen LogP contribution in [0.1, 0.15) is 19.3 Å². The van der Waals surface area contributed by atoms with E-state index in [1.165, 1.54) is 6.20 Å². The SMILES string of the molecule is OCC12CCCN1C/C(=C\NC(F)F)C2. The monoisotopic (exact) mass is 218 g/mol. The normalized spacial score (nSPS) is 34.0. The Morgan fingerprint density at radius 2 is 2.40 bits per heavy atom. The minimum atomic E-state index is -2.50. The summed E-state index contributed by atoms with van der Waals surface area (Å²) in [5, 5.41) is 11.4. The summed E-state index contributed by atoms with van der Waals surface area (Å²) in [6.07, 6.45) is 4.18. The first-order valence-electron chi connectivity index (χ1n) is 5.24. The first-order valence-corrected chi connectivity index (χ1v) is 5.24. The molecule has 0 saturated carbocycles. The van der Waals surface area contributed by atoms with Crippen LogP contribution in [0.4, 0.5) is 8.78 Å². The predicted octanol–water partition coefficient (Wildman–Crippen LogP) is 0.913. The maximum absolute atomic E-state index is 11.9. The van der Waals surface area contributed by atoms with Crippen molar-refractivity contribution < 1.29 is 13.9 Å². The lowest BCUT2D eigenvalue weighted by atomic mass is 9.94. The summed E-state index contributed by atoms with van der Waals surface area (Å²) in [4.78, 5) is 2.20. The second-order valence-electron chi connectivity index (χ2n) is 4.35. The molecule has 5 heteroatoms. The second kappa shape index (κ2) is 4.06. The highest BCUT2D eigenvalue weighted by Gasteiger charge is 2.45. The highest BCUT2D eigenvalue weighted by Crippen LogP contribution is 2.40. The van der Waals surface area contributed by atoms with E-state index in [9.17, 15) is 13.9 Å². The van der Waals surface area contributed by atoms with Crippen LogP contribution in [0.25, 0.3) is 0 Å². The lowest BCUT2D eigenvalue weighted by Crippen LogP contribution is -2.41. The molecular formula is C10H16F2N2O. The summed E-state index contributed by atoms with van der Waals surface area (Å²) >= 11 is 0. The molecule has 2 saturated heterocycles. The Balaban J connectivity index is 2.02. The Hall–Kier alpha value is -0.680. The molecule has 0 radical (unpaired) electrons. The van der Waals surface area contributed by atoms with Crippen molar-refractivity contribution in [3.8, 4) is 0 Å². The van der Waals surface area contributed by atoms with Gasteiger partial charge in [0.2, 0.25) is 0 Å². The molecule has 2 N–H and O–H groups in total. The summed E-state index contributed by atoms with van der Waals surface area (Å²) < 4.78 is 23.9. The van der Waals surface area contributed by atoms with E-state index in [0.717, 1.165) is 25.0 Å². The molecule has 0 aromatic carbocycles. The molecule has 0 aromatic rings. The molecule has 1 unspecified atom stereocenters. The Labute approximate surface area is 87.8 Å². The van der Waals surface area contributed by atoms with Crippen LogP contribution in [0.3, 0.4) is 0 Å². The second-order valence-corrected chi connectivity index (χ2v) is 4.35. The summed E-state index contributed by atoms with van der Waals surface area (Å²) in [6.45, 7) is -0.704. The van der Waals surface area contributed by atoms with Crippen molar-refractivity contribution in [1.82, 2.24) is 10.2 Å². The van der Waals surface area contributed by atoms with Crippen LogP contribution in [0.2, 0.25) is 0 Å². The molecule has 86 valence electrons. The highest BCUT2D eigenvalue weighted by atomic mass is 19.3. The van der Waals surface area contributed by atoms with Gasteiger partial charge in [-0.25, -0.2) is 0 Å². The average molecular weight is 218 g/mol. The zero-order chi connectivity index (χ0) is 10.9. The number of nitrogens with one attached hydrogen (secondary N) is 1. The van der Waals surface area contributed by atoms with Gasteiger partial charge < -0.3 is 10.4 Å². The third-order valence-electron chi connectivity index (χ3n) is 3.40. The molecule has 2 heterocycles. The molecule has 0 spiro atoms. The van der Waals surface area contributed by atoms with Crippen LogP contribution < -0.4 is 5.32 Å². The van der Waals surface area contributed by atoms with Gasteiger partial charge >= 0.3 is 6.55 Å². The Bertz CT molecular complexity index is 270. The van der Waals surface area contributed by atoms with Crippen LogP contribution in [-0.4, -0.2) is 41.8 Å². The van der Waals surface area contributed by atoms with E-state index in [2.05, 4.69) is 4.90 Å². The van der Waals surface area contributed by atoms with E-state index >= 15 is 0 Å². The maximum atomic E-state index is 11.9. The number of hydrogen-bond donors (Lipinski definition) is 2. The van der Waals surface area contributed by atoms with E-state index in [1.807, 2.05) is 5.32 Å². The van der Waals surface area contributed by atoms with Gasteiger partial charge in [0.25, 0.3) is 0 Å². The fraction of sp³-hybridized carbons (Fsp3) is 0.800. The minimum absolute atomic E-state index is 0.124. The average Bonchev–Trinajstić information content (AvgIpc) is 2.70. The number of aliphatic hydroxyl groups excluding tert-OH is 1. The molecule has 2 aliphatic heterocycles. The quantitative estimate of drug-likeness (QED) is 0.691. The molecule has 2 fully saturated rings. The lowest BCUT2D eigenvalue weighted by Gasteiger charge is -2.28. The minimum Gasteiger partial charge on any atom is -0.394 e. The van der Waals surface area contributed by atoms with Crippen LogP contribution >= 0.6 is 0 Å². The first-order chi connectivity index (χ1) is 7.16. The lowest BCUT2D eigenvalue weighted by molar-refractivity contribution is 0.0999. The van der Waals surface area contributed by atoms with E-state index in [0.29, 0.717) is 13.0 Å². The van der Waals surface area contributed by atoms with Crippen LogP contribution in [0.5, 0.6) is 0 Å². The van der Waals surface area contributed by atoms with Gasteiger partial charge in [0.05, 0.1) is 6.61 Å². The van der Waals surface area contributed by atoms with Crippen molar-refractivity contribution in [2.24, 2.45) is 0 Å². The molecule has 2 rings (SSSR count). The molecule has 15 heavy (non-hydrogen) atoms. The smallest absolute Gasteiger partial charge is 0.312 e. The van der Waals surface area contributed by atoms with Gasteiger partial charge in [0.15, 0.2) is 0 Å². The van der Waals surface area contributed by atoms with Crippen molar-refractivity contribution in [2.75, 3.05) is 19.7 Å². The molecule has 0 aromatic heterocycles. The number of fused-ring (bicyclic) bond motifs is 1. The highest BCUT2D eigenvalue weighted by molar-refractivity contribution is 5.20. The van der Waals surface area contributed by atoms with Crippen LogP contribution in [0, 0.1) is 0 Å². The van der Waals surface area contributed by atoms with Gasteiger partial charge in [-0.1, -0.05) is 0 Å². The van der Waals surface area contributed by atoms with Gasteiger partial charge in [-0.2, -0.15) is 8.78 Å². The molecule has 0 aliphatic carbocycles. The number of hydrogen-bond acceptors (Lipinski definition) is 3. The Kier molecular flexibility index (Phi) is 2.93. The first kappa shape index (κ1) is 10.8. The van der Waals surface area contributed by atoms with Crippen molar-refractivity contribution in [1.29, 1.82) is 0 Å². The topological polar surface area (TPSA) is 35.5 Å². The number of alkyl halides is 2. The zero-order valence-electron chi connectivity index (χ0n) is 8.55. The van der Waals surface area contributed by atoms with Crippen molar-refractivity contribution in [3.63, 3.8) is 0 Å². The summed E-state index contributed by atoms with van der Waals surface area (Å²) in [5.41, 5.74) is 0.805. The summed E-state index contributed by atoms with van der Waals surface area (Å²) in [7, 11) is 0. The third-order valence-corrected chi connectivity index (χ3v) is 3.40. The van der Waals surface area contributed by atoms with Crippen molar-refractivity contribution in [3.05, 3.63) is 11.8 Å². The Morgan fingerprint density at radius 1 is 1.60 bits per heavy atom. The maximum Gasteiger partial charge on any atom is 0.312 e. The number of nitrogens with zero attached hydrogens (tertiary/aromatic N) is 1. The number of halogens is 2. The molecule has 0 bridgehead atoms. The van der Waals surface area contributed by atoms with Gasteiger partial charge in [0, 0.05) is 18.3 Å². The third kappa shape index (κ3) is 1.99. The molecule has 3 nitrogen and oxygen atoms in total. The fourth-order valence-electron chi connectivity index (χ4n) is 2.68. The van der Waals surface area contributed by atoms with Gasteiger partial charge in [-0.3, -0.25) is 4.90 Å². The van der Waals surface area contributed by atoms with Crippen molar-refractivity contribution in [2.45, 2.75) is 31.4 Å². The standard InChI is InChI=1S/C10H16F2N2O/c11-9(12)13-5-8-4-10(7-15)2-1-3-14(10)6-8/h5,9,13,15H,1-4,6-7H2/b8-5-. The van der Waals surface area contributed by atoms with E-state index in [4.69, 9.17) is 0 Å². The largest absolute Gasteiger partial charge is 0.394 e. The molecule has 2 aliphatic rings. The van der Waals surface area contributed by atoms with E-state index < -0.39 is 6.55 Å². The molecular weight excluding hydrogens is 202 g/mol.